The number of rotatable bonds is 6. The Labute approximate surface area is 130 Å². The molecule has 0 aliphatic carbocycles. The smallest absolute Gasteiger partial charge is 0.333 e. The van der Waals surface area contributed by atoms with Gasteiger partial charge in [-0.15, -0.1) is 0 Å². The standard InChI is InChI=1S/C11H10O2.C7H10O2/c12-11(13)9-5-4-8-10-6-2-1-3-7-10;1-4-5-9-7(8)6(2)3/h1-9H,(H,12,13);4H,1-2,5H2,3H3. The van der Waals surface area contributed by atoms with Gasteiger partial charge in [-0.05, 0) is 12.5 Å². The average Bonchev–Trinajstić information content (AvgIpc) is 2.50. The van der Waals surface area contributed by atoms with E-state index in [1.54, 1.807) is 13.0 Å². The number of carboxylic acid groups (broad SMARTS) is 1. The Morgan fingerprint density at radius 3 is 2.36 bits per heavy atom. The van der Waals surface area contributed by atoms with Crippen molar-refractivity contribution < 1.29 is 19.4 Å². The minimum absolute atomic E-state index is 0.256. The summed E-state index contributed by atoms with van der Waals surface area (Å²) >= 11 is 0. The van der Waals surface area contributed by atoms with Crippen LogP contribution < -0.4 is 0 Å². The minimum Gasteiger partial charge on any atom is -0.478 e. The van der Waals surface area contributed by atoms with E-state index in [0.29, 0.717) is 5.57 Å². The van der Waals surface area contributed by atoms with Gasteiger partial charge in [0.25, 0.3) is 0 Å². The fourth-order valence-electron chi connectivity index (χ4n) is 1.13. The van der Waals surface area contributed by atoms with Crippen LogP contribution in [0.2, 0.25) is 0 Å². The van der Waals surface area contributed by atoms with Crippen LogP contribution in [0, 0.1) is 0 Å². The zero-order chi connectivity index (χ0) is 16.8. The number of hydrogen-bond donors (Lipinski definition) is 1. The van der Waals surface area contributed by atoms with Gasteiger partial charge in [-0.25, -0.2) is 9.59 Å². The largest absolute Gasteiger partial charge is 0.478 e. The molecule has 0 bridgehead atoms. The molecule has 1 aromatic rings. The molecule has 0 spiro atoms. The average molecular weight is 300 g/mol. The van der Waals surface area contributed by atoms with Crippen LogP contribution >= 0.6 is 0 Å². The molecule has 1 aromatic carbocycles. The highest BCUT2D eigenvalue weighted by Crippen LogP contribution is 2.00. The third kappa shape index (κ3) is 11.0. The van der Waals surface area contributed by atoms with Gasteiger partial charge in [0, 0.05) is 11.6 Å². The maximum absolute atomic E-state index is 10.5. The molecule has 0 unspecified atom stereocenters. The summed E-state index contributed by atoms with van der Waals surface area (Å²) in [6.45, 7) is 8.64. The van der Waals surface area contributed by atoms with Crippen molar-refractivity contribution >= 4 is 18.0 Å². The molecule has 0 aliphatic rings. The van der Waals surface area contributed by atoms with E-state index in [9.17, 15) is 9.59 Å². The molecule has 0 saturated heterocycles. The van der Waals surface area contributed by atoms with Gasteiger partial charge in [0.15, 0.2) is 0 Å². The van der Waals surface area contributed by atoms with Crippen LogP contribution in [0.5, 0.6) is 0 Å². The van der Waals surface area contributed by atoms with Crippen molar-refractivity contribution in [1.29, 1.82) is 0 Å². The van der Waals surface area contributed by atoms with Gasteiger partial charge >= 0.3 is 11.9 Å². The van der Waals surface area contributed by atoms with Crippen molar-refractivity contribution in [1.82, 2.24) is 0 Å². The fourth-order valence-corrected chi connectivity index (χ4v) is 1.13. The van der Waals surface area contributed by atoms with Gasteiger partial charge in [0.05, 0.1) is 0 Å². The SMILES string of the molecule is C=CCOC(=O)C(=C)C.O=C(O)C=CC=Cc1ccccc1. The predicted molar refractivity (Wildman–Crippen MR) is 88.2 cm³/mol. The Morgan fingerprint density at radius 2 is 1.86 bits per heavy atom. The third-order valence-electron chi connectivity index (χ3n) is 2.12. The van der Waals surface area contributed by atoms with Crippen LogP contribution in [-0.4, -0.2) is 23.7 Å². The van der Waals surface area contributed by atoms with Crippen LogP contribution in [0.4, 0.5) is 0 Å². The first-order valence-corrected chi connectivity index (χ1v) is 6.53. The monoisotopic (exact) mass is 300 g/mol. The lowest BCUT2D eigenvalue weighted by Crippen LogP contribution is -2.03. The van der Waals surface area contributed by atoms with E-state index in [1.165, 1.54) is 12.2 Å². The number of benzene rings is 1. The molecule has 22 heavy (non-hydrogen) atoms. The Bertz CT molecular complexity index is 554. The second-order valence-electron chi connectivity index (χ2n) is 4.13. The van der Waals surface area contributed by atoms with Crippen LogP contribution in [0.3, 0.4) is 0 Å². The number of ether oxygens (including phenoxy) is 1. The Morgan fingerprint density at radius 1 is 1.23 bits per heavy atom. The molecule has 0 aromatic heterocycles. The molecule has 4 nitrogen and oxygen atoms in total. The summed E-state index contributed by atoms with van der Waals surface area (Å²) in [6, 6.07) is 9.70. The molecule has 4 heteroatoms. The van der Waals surface area contributed by atoms with E-state index in [-0.39, 0.29) is 12.6 Å². The molecule has 0 atom stereocenters. The molecule has 0 radical (unpaired) electrons. The molecule has 1 N–H and O–H groups in total. The summed E-state index contributed by atoms with van der Waals surface area (Å²) in [5.74, 6) is -1.30. The quantitative estimate of drug-likeness (QED) is 0.377. The minimum atomic E-state index is -0.933. The highest BCUT2D eigenvalue weighted by atomic mass is 16.5. The number of carboxylic acids is 1. The number of aliphatic carboxylic acids is 1. The summed E-state index contributed by atoms with van der Waals surface area (Å²) in [5.41, 5.74) is 1.47. The molecule has 0 saturated carbocycles. The summed E-state index contributed by atoms with van der Waals surface area (Å²) in [7, 11) is 0. The zero-order valence-corrected chi connectivity index (χ0v) is 12.6. The Kier molecular flexibility index (Phi) is 10.3. The maximum Gasteiger partial charge on any atom is 0.333 e. The Balaban J connectivity index is 0.000000433. The van der Waals surface area contributed by atoms with Gasteiger partial charge in [-0.3, -0.25) is 0 Å². The number of hydrogen-bond acceptors (Lipinski definition) is 3. The Hall–Kier alpha value is -2.88. The van der Waals surface area contributed by atoms with Crippen molar-refractivity contribution in [2.45, 2.75) is 6.92 Å². The molecule has 1 rings (SSSR count). The number of esters is 1. The summed E-state index contributed by atoms with van der Waals surface area (Å²) in [4.78, 5) is 20.6. The highest BCUT2D eigenvalue weighted by Gasteiger charge is 1.98. The molecule has 0 amide bonds. The van der Waals surface area contributed by atoms with E-state index < -0.39 is 5.97 Å². The van der Waals surface area contributed by atoms with Crippen molar-refractivity contribution in [3.8, 4) is 0 Å². The van der Waals surface area contributed by atoms with E-state index >= 15 is 0 Å². The highest BCUT2D eigenvalue weighted by molar-refractivity contribution is 5.86. The normalized spacial score (nSPS) is 9.86. The predicted octanol–water partition coefficient (Wildman–Crippen LogP) is 3.63. The molecule has 0 heterocycles. The summed E-state index contributed by atoms with van der Waals surface area (Å²) in [5, 5.41) is 8.29. The topological polar surface area (TPSA) is 63.6 Å². The van der Waals surface area contributed by atoms with Gasteiger partial charge in [-0.2, -0.15) is 0 Å². The van der Waals surface area contributed by atoms with Crippen LogP contribution in [0.25, 0.3) is 6.08 Å². The number of allylic oxidation sites excluding steroid dienone is 2. The van der Waals surface area contributed by atoms with Crippen LogP contribution in [0.15, 0.2) is 73.4 Å². The first-order chi connectivity index (χ1) is 10.5. The summed E-state index contributed by atoms with van der Waals surface area (Å²) in [6.07, 6.45) is 7.65. The van der Waals surface area contributed by atoms with Crippen molar-refractivity contribution in [2.75, 3.05) is 6.61 Å². The van der Waals surface area contributed by atoms with Crippen LogP contribution in [0.1, 0.15) is 12.5 Å². The molecular weight excluding hydrogens is 280 g/mol. The van der Waals surface area contributed by atoms with Gasteiger partial charge in [0.2, 0.25) is 0 Å². The zero-order valence-electron chi connectivity index (χ0n) is 12.6. The van der Waals surface area contributed by atoms with Gasteiger partial charge < -0.3 is 9.84 Å². The molecular formula is C18H20O4. The maximum atomic E-state index is 10.5. The first kappa shape index (κ1) is 19.1. The summed E-state index contributed by atoms with van der Waals surface area (Å²) < 4.78 is 4.60. The fraction of sp³-hybridized carbons (Fsp3) is 0.111. The lowest BCUT2D eigenvalue weighted by Gasteiger charge is -1.97. The second-order valence-corrected chi connectivity index (χ2v) is 4.13. The van der Waals surface area contributed by atoms with Crippen molar-refractivity contribution in [3.63, 3.8) is 0 Å². The lowest BCUT2D eigenvalue weighted by molar-refractivity contribution is -0.137. The van der Waals surface area contributed by atoms with Gasteiger partial charge in [-0.1, -0.05) is 67.8 Å². The number of carbonyl (C=O) groups is 2. The molecule has 0 fully saturated rings. The first-order valence-electron chi connectivity index (χ1n) is 6.53. The third-order valence-corrected chi connectivity index (χ3v) is 2.12. The number of carbonyl (C=O) groups excluding carboxylic acids is 1. The van der Waals surface area contributed by atoms with E-state index in [4.69, 9.17) is 5.11 Å². The van der Waals surface area contributed by atoms with Crippen molar-refractivity contribution in [2.24, 2.45) is 0 Å². The second kappa shape index (κ2) is 11.9. The van der Waals surface area contributed by atoms with E-state index in [1.807, 2.05) is 36.4 Å². The molecule has 116 valence electrons. The van der Waals surface area contributed by atoms with E-state index in [2.05, 4.69) is 17.9 Å². The van der Waals surface area contributed by atoms with Crippen molar-refractivity contribution in [3.05, 3.63) is 78.9 Å². The lowest BCUT2D eigenvalue weighted by atomic mass is 10.2. The van der Waals surface area contributed by atoms with Crippen LogP contribution in [-0.2, 0) is 14.3 Å². The van der Waals surface area contributed by atoms with E-state index in [0.717, 1.165) is 11.6 Å². The molecule has 0 aliphatic heterocycles. The van der Waals surface area contributed by atoms with Gasteiger partial charge in [0.1, 0.15) is 6.61 Å².